The van der Waals surface area contributed by atoms with Crippen molar-refractivity contribution >= 4 is 37.1 Å². The van der Waals surface area contributed by atoms with E-state index in [-0.39, 0.29) is 42.6 Å². The van der Waals surface area contributed by atoms with Gasteiger partial charge in [-0.25, -0.2) is 4.98 Å². The Morgan fingerprint density at radius 3 is 2.61 bits per heavy atom. The van der Waals surface area contributed by atoms with Crippen molar-refractivity contribution in [3.63, 3.8) is 0 Å². The van der Waals surface area contributed by atoms with Crippen LogP contribution in [0.2, 0.25) is 0 Å². The van der Waals surface area contributed by atoms with Crippen LogP contribution >= 0.6 is 19.6 Å². The van der Waals surface area contributed by atoms with Gasteiger partial charge < -0.3 is 29.1 Å². The van der Waals surface area contributed by atoms with Crippen LogP contribution in [0.15, 0.2) is 17.3 Å². The van der Waals surface area contributed by atoms with Gasteiger partial charge >= 0.3 is 5.69 Å². The minimum absolute atomic E-state index is 0.0752. The summed E-state index contributed by atoms with van der Waals surface area (Å²) < 4.78 is 20.9. The third-order valence-electron chi connectivity index (χ3n) is 3.83. The fourth-order valence-electron chi connectivity index (χ4n) is 2.29. The summed E-state index contributed by atoms with van der Waals surface area (Å²) in [4.78, 5) is 53.7. The number of amides is 2. The normalized spacial score (nSPS) is 12.6. The predicted molar refractivity (Wildman–Crippen MR) is 118 cm³/mol. The number of carbonyl (C=O) groups excluding carboxylic acids is 2. The quantitative estimate of drug-likeness (QED) is 0.0905. The molecule has 1 aromatic heterocycles. The smallest absolute Gasteiger partial charge is 0.302 e. The number of aromatic nitrogens is 1. The molecule has 0 aliphatic carbocycles. The molecule has 15 heteroatoms. The Balaban J connectivity index is 2.65. The Hall–Kier alpha value is -2.53. The number of pyridine rings is 1. The summed E-state index contributed by atoms with van der Waals surface area (Å²) >= 11 is 1.05. The molecule has 1 rings (SSSR count). The van der Waals surface area contributed by atoms with Gasteiger partial charge in [-0.3, -0.25) is 24.3 Å². The van der Waals surface area contributed by atoms with Gasteiger partial charge in [0.05, 0.1) is 30.2 Å². The molecule has 13 nitrogen and oxygen atoms in total. The van der Waals surface area contributed by atoms with Crippen molar-refractivity contribution in [3.05, 3.63) is 27.9 Å². The van der Waals surface area contributed by atoms with Gasteiger partial charge in [-0.2, -0.15) is 0 Å². The molecule has 1 heterocycles. The molecule has 0 saturated heterocycles. The third kappa shape index (κ3) is 10.3. The maximum Gasteiger partial charge on any atom is 0.302 e. The van der Waals surface area contributed by atoms with E-state index < -0.39 is 31.1 Å². The zero-order valence-electron chi connectivity index (χ0n) is 18.4. The lowest BCUT2D eigenvalue weighted by Crippen LogP contribution is -2.41. The van der Waals surface area contributed by atoms with E-state index >= 15 is 0 Å². The summed E-state index contributed by atoms with van der Waals surface area (Å²) in [6, 6.07) is 1.07. The van der Waals surface area contributed by atoms with E-state index in [4.69, 9.17) is 6.42 Å². The fourth-order valence-corrected chi connectivity index (χ4v) is 3.48. The number of hydrogen-bond donors (Lipinski definition) is 1. The summed E-state index contributed by atoms with van der Waals surface area (Å²) in [6.07, 6.45) is 8.04. The number of phosphoric ester groups is 1. The van der Waals surface area contributed by atoms with Crippen LogP contribution in [0.25, 0.3) is 0 Å². The van der Waals surface area contributed by atoms with E-state index in [1.165, 1.54) is 6.20 Å². The molecule has 1 N–H and O–H groups in total. The molecular weight excluding hydrogens is 477 g/mol. The first-order chi connectivity index (χ1) is 15.5. The van der Waals surface area contributed by atoms with E-state index in [0.29, 0.717) is 6.54 Å². The van der Waals surface area contributed by atoms with Crippen LogP contribution in [-0.4, -0.2) is 91.3 Å². The lowest BCUT2D eigenvalue weighted by molar-refractivity contribution is -0.388. The maximum atomic E-state index is 12.7. The number of rotatable bonds is 14. The molecule has 33 heavy (non-hydrogen) atoms. The van der Waals surface area contributed by atoms with Crippen LogP contribution in [0.1, 0.15) is 10.4 Å². The third-order valence-corrected chi connectivity index (χ3v) is 5.53. The summed E-state index contributed by atoms with van der Waals surface area (Å²) in [5.74, 6) is 0.882. The highest BCUT2D eigenvalue weighted by atomic mass is 32.2. The molecule has 1 aromatic rings. The summed E-state index contributed by atoms with van der Waals surface area (Å²) in [5, 5.41) is 13.7. The van der Waals surface area contributed by atoms with Crippen molar-refractivity contribution in [2.45, 2.75) is 5.03 Å². The van der Waals surface area contributed by atoms with Gasteiger partial charge in [-0.05, 0) is 20.4 Å². The predicted octanol–water partition coefficient (Wildman–Crippen LogP) is -0.0335. The Labute approximate surface area is 195 Å². The average molecular weight is 502 g/mol. The number of likely N-dealkylation sites (N-methyl/N-ethyl adjacent to an activating group) is 1. The molecule has 0 radical (unpaired) electrons. The first-order valence-corrected chi connectivity index (χ1v) is 12.1. The van der Waals surface area contributed by atoms with Gasteiger partial charge in [-0.15, -0.1) is 18.2 Å². The Morgan fingerprint density at radius 1 is 1.36 bits per heavy atom. The van der Waals surface area contributed by atoms with E-state index in [1.807, 2.05) is 0 Å². The first-order valence-electron chi connectivity index (χ1n) is 9.43. The number of carbonyl (C=O) groups is 2. The molecule has 0 spiro atoms. The lowest BCUT2D eigenvalue weighted by atomic mass is 10.2. The van der Waals surface area contributed by atoms with Crippen LogP contribution < -0.4 is 10.2 Å². The standard InChI is InChI=1S/C18H26N5O8PS/c1-5-7-22(18(25)14-11-15(23(26)27)17(33-4)20-12-14)13-16(24)19-6-9-30-32(28,29)31-10-8-21(2)3/h1,11-12H,6-10,13H2,2-4H3,(H,19,24)(H,28,29)/p-1. The zero-order chi connectivity index (χ0) is 25.0. The van der Waals surface area contributed by atoms with E-state index in [2.05, 4.69) is 25.3 Å². The molecular formula is C18H25N5O8PS-. The number of nitrogens with zero attached hydrogens (tertiary/aromatic N) is 4. The van der Waals surface area contributed by atoms with Crippen molar-refractivity contribution in [3.8, 4) is 12.3 Å². The highest BCUT2D eigenvalue weighted by molar-refractivity contribution is 7.98. The highest BCUT2D eigenvalue weighted by Crippen LogP contribution is 2.37. The molecule has 0 aliphatic rings. The molecule has 0 fully saturated rings. The number of hydrogen-bond acceptors (Lipinski definition) is 11. The minimum Gasteiger partial charge on any atom is -0.756 e. The molecule has 0 aliphatic heterocycles. The largest absolute Gasteiger partial charge is 0.756 e. The topological polar surface area (TPSA) is 167 Å². The van der Waals surface area contributed by atoms with Gasteiger partial charge in [0.1, 0.15) is 6.54 Å². The number of phosphoric acid groups is 1. The summed E-state index contributed by atoms with van der Waals surface area (Å²) in [5.41, 5.74) is -0.446. The maximum absolute atomic E-state index is 12.7. The van der Waals surface area contributed by atoms with Gasteiger partial charge in [0.2, 0.25) is 5.91 Å². The molecule has 1 unspecified atom stereocenters. The lowest BCUT2D eigenvalue weighted by Gasteiger charge is -2.24. The van der Waals surface area contributed by atoms with Gasteiger partial charge in [-0.1, -0.05) is 5.92 Å². The number of thioether (sulfide) groups is 1. The van der Waals surface area contributed by atoms with Gasteiger partial charge in [0.15, 0.2) is 5.03 Å². The molecule has 2 amide bonds. The Morgan fingerprint density at radius 2 is 2.03 bits per heavy atom. The van der Waals surface area contributed by atoms with Crippen molar-refractivity contribution in [2.75, 3.05) is 59.7 Å². The van der Waals surface area contributed by atoms with Crippen molar-refractivity contribution in [1.29, 1.82) is 0 Å². The Bertz CT molecular complexity index is 939. The molecule has 182 valence electrons. The van der Waals surface area contributed by atoms with Crippen LogP contribution in [0.3, 0.4) is 0 Å². The van der Waals surface area contributed by atoms with Gasteiger partial charge in [0.25, 0.3) is 13.7 Å². The van der Waals surface area contributed by atoms with E-state index in [1.54, 1.807) is 25.3 Å². The molecule has 0 aromatic carbocycles. The molecule has 1 atom stereocenters. The Kier molecular flexibility index (Phi) is 12.0. The average Bonchev–Trinajstić information content (AvgIpc) is 2.75. The van der Waals surface area contributed by atoms with Crippen LogP contribution in [-0.2, 0) is 18.4 Å². The summed E-state index contributed by atoms with van der Waals surface area (Å²) in [7, 11) is -1.00. The number of terminal acetylenes is 1. The molecule has 0 saturated carbocycles. The van der Waals surface area contributed by atoms with Crippen molar-refractivity contribution in [2.24, 2.45) is 0 Å². The zero-order valence-corrected chi connectivity index (χ0v) is 20.1. The minimum atomic E-state index is -4.51. The SMILES string of the molecule is C#CCN(CC(=O)NCCOP(=O)([O-])OCCN(C)C)C(=O)c1cnc(SC)c([N+](=O)[O-])c1. The molecule has 0 bridgehead atoms. The number of nitrogens with one attached hydrogen (secondary N) is 1. The van der Waals surface area contributed by atoms with Gasteiger partial charge in [0, 0.05) is 25.4 Å². The van der Waals surface area contributed by atoms with E-state index in [9.17, 15) is 29.2 Å². The summed E-state index contributed by atoms with van der Waals surface area (Å²) in [6.45, 7) is -0.941. The van der Waals surface area contributed by atoms with Crippen molar-refractivity contribution < 1.29 is 33.0 Å². The second-order valence-corrected chi connectivity index (χ2v) is 8.85. The van der Waals surface area contributed by atoms with E-state index in [0.717, 1.165) is 22.7 Å². The second-order valence-electron chi connectivity index (χ2n) is 6.64. The van der Waals surface area contributed by atoms with Crippen LogP contribution in [0, 0.1) is 22.5 Å². The first kappa shape index (κ1) is 28.5. The monoisotopic (exact) mass is 502 g/mol. The number of nitro groups is 1. The van der Waals surface area contributed by atoms with Crippen molar-refractivity contribution in [1.82, 2.24) is 20.1 Å². The van der Waals surface area contributed by atoms with Crippen LogP contribution in [0.4, 0.5) is 5.69 Å². The van der Waals surface area contributed by atoms with Crippen LogP contribution in [0.5, 0.6) is 0 Å². The highest BCUT2D eigenvalue weighted by Gasteiger charge is 2.23. The second kappa shape index (κ2) is 13.9. The fraction of sp³-hybridized carbons (Fsp3) is 0.500.